The maximum atomic E-state index is 2.37. The molecule has 0 nitrogen and oxygen atoms in total. The Kier molecular flexibility index (Phi) is 7.88. The zero-order valence-electron chi connectivity index (χ0n) is 8.91. The van der Waals surface area contributed by atoms with Crippen LogP contribution in [-0.2, 0) is 0 Å². The van der Waals surface area contributed by atoms with E-state index in [9.17, 15) is 0 Å². The van der Waals surface area contributed by atoms with Gasteiger partial charge in [0.25, 0.3) is 0 Å². The number of hydrogen-bond acceptors (Lipinski definition) is 0. The van der Waals surface area contributed by atoms with Gasteiger partial charge in [0.1, 0.15) is 0 Å². The molecule has 0 rings (SSSR count). The lowest BCUT2D eigenvalue weighted by Gasteiger charge is -2.27. The second-order valence-electron chi connectivity index (χ2n) is 4.76. The van der Waals surface area contributed by atoms with Crippen LogP contribution in [0.25, 0.3) is 0 Å². The first-order valence-electron chi connectivity index (χ1n) is 4.98. The first-order chi connectivity index (χ1) is 4.98. The molecule has 0 aromatic carbocycles. The van der Waals surface area contributed by atoms with Crippen molar-refractivity contribution in [1.29, 1.82) is 0 Å². The van der Waals surface area contributed by atoms with Crippen molar-refractivity contribution in [2.45, 2.75) is 67.7 Å². The predicted molar refractivity (Wildman–Crippen MR) is 59.5 cm³/mol. The number of unbranched alkanes of at least 4 members (excludes halogenated alkanes) is 2. The molecule has 0 heteroatoms. The van der Waals surface area contributed by atoms with Crippen molar-refractivity contribution < 1.29 is 0 Å². The summed E-state index contributed by atoms with van der Waals surface area (Å²) in [6.45, 7) is 11.6. The molecule has 0 bridgehead atoms. The summed E-state index contributed by atoms with van der Waals surface area (Å²) in [5.74, 6) is 0.869. The molecule has 0 aliphatic carbocycles. The Labute approximate surface area is 79.8 Å². The fraction of sp³-hybridized carbons (Fsp3) is 1.00. The average Bonchev–Trinajstić information content (AvgIpc) is 1.86. The molecule has 1 unspecified atom stereocenters. The zero-order valence-corrected chi connectivity index (χ0v) is 8.91. The summed E-state index contributed by atoms with van der Waals surface area (Å²) in [5, 5.41) is 0. The van der Waals surface area contributed by atoms with E-state index in [-0.39, 0.29) is 7.43 Å². The highest BCUT2D eigenvalue weighted by molar-refractivity contribution is 4.69. The van der Waals surface area contributed by atoms with Crippen LogP contribution >= 0.6 is 0 Å². The molecule has 76 valence electrons. The topological polar surface area (TPSA) is 0 Å². The highest BCUT2D eigenvalue weighted by Gasteiger charge is 2.18. The lowest BCUT2D eigenvalue weighted by atomic mass is 9.79. The standard InChI is InChI=1S/C11H24.CH4/c1-6-7-8-9-10(2)11(3,4)5;/h10H,6-9H2,1-5H3;1H4. The van der Waals surface area contributed by atoms with Gasteiger partial charge in [-0.3, -0.25) is 0 Å². The predicted octanol–water partition coefficient (Wildman–Crippen LogP) is 4.89. The summed E-state index contributed by atoms with van der Waals surface area (Å²) in [4.78, 5) is 0. The quantitative estimate of drug-likeness (QED) is 0.530. The Morgan fingerprint density at radius 3 is 1.92 bits per heavy atom. The fourth-order valence-electron chi connectivity index (χ4n) is 1.13. The summed E-state index contributed by atoms with van der Waals surface area (Å²) in [7, 11) is 0. The van der Waals surface area contributed by atoms with Crippen LogP contribution < -0.4 is 0 Å². The minimum atomic E-state index is 0. The van der Waals surface area contributed by atoms with Gasteiger partial charge in [-0.2, -0.15) is 0 Å². The second kappa shape index (κ2) is 6.51. The van der Waals surface area contributed by atoms with E-state index in [1.807, 2.05) is 0 Å². The van der Waals surface area contributed by atoms with Gasteiger partial charge in [-0.05, 0) is 11.3 Å². The molecule has 0 spiro atoms. The van der Waals surface area contributed by atoms with Gasteiger partial charge in [-0.15, -0.1) is 0 Å². The van der Waals surface area contributed by atoms with Crippen LogP contribution in [0.1, 0.15) is 67.7 Å². The molecule has 0 radical (unpaired) electrons. The number of rotatable bonds is 4. The molecular formula is C12H28. The van der Waals surface area contributed by atoms with Gasteiger partial charge in [0.05, 0.1) is 0 Å². The lowest BCUT2D eigenvalue weighted by Crippen LogP contribution is -2.16. The third-order valence-electron chi connectivity index (χ3n) is 2.72. The van der Waals surface area contributed by atoms with Crippen molar-refractivity contribution in [2.75, 3.05) is 0 Å². The van der Waals surface area contributed by atoms with Gasteiger partial charge in [0, 0.05) is 0 Å². The fourth-order valence-corrected chi connectivity index (χ4v) is 1.13. The van der Waals surface area contributed by atoms with E-state index < -0.39 is 0 Å². The van der Waals surface area contributed by atoms with E-state index in [2.05, 4.69) is 34.6 Å². The lowest BCUT2D eigenvalue weighted by molar-refractivity contribution is 0.241. The molecule has 0 fully saturated rings. The molecule has 0 aromatic heterocycles. The molecular weight excluding hydrogens is 144 g/mol. The Hall–Kier alpha value is 0. The van der Waals surface area contributed by atoms with E-state index in [4.69, 9.17) is 0 Å². The highest BCUT2D eigenvalue weighted by atomic mass is 14.2. The van der Waals surface area contributed by atoms with E-state index in [0.29, 0.717) is 5.41 Å². The molecule has 0 aliphatic rings. The largest absolute Gasteiger partial charge is 0.0776 e. The van der Waals surface area contributed by atoms with Crippen LogP contribution in [0.4, 0.5) is 0 Å². The van der Waals surface area contributed by atoms with Crippen LogP contribution in [0.15, 0.2) is 0 Å². The van der Waals surface area contributed by atoms with Gasteiger partial charge in [-0.25, -0.2) is 0 Å². The van der Waals surface area contributed by atoms with E-state index >= 15 is 0 Å². The van der Waals surface area contributed by atoms with Gasteiger partial charge in [0.15, 0.2) is 0 Å². The van der Waals surface area contributed by atoms with Crippen LogP contribution in [0.5, 0.6) is 0 Å². The van der Waals surface area contributed by atoms with Crippen molar-refractivity contribution in [1.82, 2.24) is 0 Å². The van der Waals surface area contributed by atoms with Crippen molar-refractivity contribution in [2.24, 2.45) is 11.3 Å². The van der Waals surface area contributed by atoms with Crippen molar-refractivity contribution in [3.05, 3.63) is 0 Å². The average molecular weight is 172 g/mol. The van der Waals surface area contributed by atoms with Crippen LogP contribution in [-0.4, -0.2) is 0 Å². The third-order valence-corrected chi connectivity index (χ3v) is 2.72. The molecule has 1 atom stereocenters. The summed E-state index contributed by atoms with van der Waals surface area (Å²) in [5.41, 5.74) is 0.508. The molecule has 0 saturated heterocycles. The molecule has 0 N–H and O–H groups in total. The Morgan fingerprint density at radius 2 is 1.58 bits per heavy atom. The monoisotopic (exact) mass is 172 g/mol. The maximum Gasteiger partial charge on any atom is -0.0357 e. The molecule has 0 aromatic rings. The smallest absolute Gasteiger partial charge is 0.0357 e. The van der Waals surface area contributed by atoms with E-state index in [1.165, 1.54) is 25.7 Å². The van der Waals surface area contributed by atoms with Crippen molar-refractivity contribution >= 4 is 0 Å². The minimum absolute atomic E-state index is 0. The molecule has 0 saturated carbocycles. The molecule has 0 heterocycles. The minimum Gasteiger partial charge on any atom is -0.0776 e. The Bertz CT molecular complexity index is 86.7. The van der Waals surface area contributed by atoms with Crippen molar-refractivity contribution in [3.63, 3.8) is 0 Å². The summed E-state index contributed by atoms with van der Waals surface area (Å²) in [6.07, 6.45) is 5.56. The molecule has 0 amide bonds. The second-order valence-corrected chi connectivity index (χ2v) is 4.76. The summed E-state index contributed by atoms with van der Waals surface area (Å²) < 4.78 is 0. The SMILES string of the molecule is C.CCCCCC(C)C(C)(C)C. The summed E-state index contributed by atoms with van der Waals surface area (Å²) in [6, 6.07) is 0. The van der Waals surface area contributed by atoms with Gasteiger partial charge in [-0.1, -0.05) is 67.7 Å². The van der Waals surface area contributed by atoms with Gasteiger partial charge >= 0.3 is 0 Å². The van der Waals surface area contributed by atoms with Gasteiger partial charge in [0.2, 0.25) is 0 Å². The highest BCUT2D eigenvalue weighted by Crippen LogP contribution is 2.29. The first-order valence-corrected chi connectivity index (χ1v) is 4.98. The normalized spacial score (nSPS) is 13.8. The van der Waals surface area contributed by atoms with E-state index in [0.717, 1.165) is 5.92 Å². The molecule has 0 aliphatic heterocycles. The molecule has 12 heavy (non-hydrogen) atoms. The van der Waals surface area contributed by atoms with Crippen LogP contribution in [0.2, 0.25) is 0 Å². The van der Waals surface area contributed by atoms with Crippen molar-refractivity contribution in [3.8, 4) is 0 Å². The van der Waals surface area contributed by atoms with Crippen LogP contribution in [0.3, 0.4) is 0 Å². The summed E-state index contributed by atoms with van der Waals surface area (Å²) >= 11 is 0. The third kappa shape index (κ3) is 6.69. The van der Waals surface area contributed by atoms with Crippen LogP contribution in [0, 0.1) is 11.3 Å². The number of hydrogen-bond donors (Lipinski definition) is 0. The zero-order chi connectivity index (χ0) is 8.91. The Balaban J connectivity index is 0. The van der Waals surface area contributed by atoms with Gasteiger partial charge < -0.3 is 0 Å². The van der Waals surface area contributed by atoms with E-state index in [1.54, 1.807) is 0 Å². The first kappa shape index (κ1) is 14.5. The Morgan fingerprint density at radius 1 is 1.08 bits per heavy atom. The maximum absolute atomic E-state index is 2.37.